The van der Waals surface area contributed by atoms with Crippen molar-refractivity contribution in [2.24, 2.45) is 11.1 Å². The van der Waals surface area contributed by atoms with Crippen molar-refractivity contribution in [1.29, 1.82) is 0 Å². The average molecular weight is 194 g/mol. The fraction of sp³-hybridized carbons (Fsp3) is 0.545. The fourth-order valence-corrected chi connectivity index (χ4v) is 1.86. The molecule has 0 heterocycles. The molecule has 0 unspecified atom stereocenters. The topological polar surface area (TPSA) is 55.1 Å². The summed E-state index contributed by atoms with van der Waals surface area (Å²) in [6.07, 6.45) is 3.96. The number of allylic oxidation sites excluding steroid dienone is 3. The molecule has 0 saturated carbocycles. The van der Waals surface area contributed by atoms with Gasteiger partial charge in [-0.15, -0.1) is 0 Å². The van der Waals surface area contributed by atoms with Crippen molar-refractivity contribution in [2.75, 3.05) is 6.54 Å². The van der Waals surface area contributed by atoms with E-state index in [1.54, 1.807) is 0 Å². The van der Waals surface area contributed by atoms with Crippen LogP contribution in [0.25, 0.3) is 0 Å². The van der Waals surface area contributed by atoms with Crippen LogP contribution in [0.3, 0.4) is 0 Å². The number of rotatable bonds is 3. The van der Waals surface area contributed by atoms with Gasteiger partial charge in [0.1, 0.15) is 0 Å². The second-order valence-corrected chi connectivity index (χ2v) is 4.67. The Labute approximate surface area is 85.1 Å². The smallest absolute Gasteiger partial charge is 0.236 e. The van der Waals surface area contributed by atoms with Crippen molar-refractivity contribution >= 4 is 5.91 Å². The van der Waals surface area contributed by atoms with Gasteiger partial charge in [0, 0.05) is 5.70 Å². The minimum Gasteiger partial charge on any atom is -0.380 e. The van der Waals surface area contributed by atoms with Crippen LogP contribution >= 0.6 is 0 Å². The fourth-order valence-electron chi connectivity index (χ4n) is 1.86. The number of hydrogen-bond acceptors (Lipinski definition) is 2. The third-order valence-corrected chi connectivity index (χ3v) is 2.24. The van der Waals surface area contributed by atoms with Gasteiger partial charge in [0.05, 0.1) is 6.54 Å². The van der Waals surface area contributed by atoms with Gasteiger partial charge in [0.2, 0.25) is 5.91 Å². The molecule has 0 bridgehead atoms. The number of hydrogen-bond donors (Lipinski definition) is 2. The van der Waals surface area contributed by atoms with Crippen LogP contribution in [0.2, 0.25) is 0 Å². The van der Waals surface area contributed by atoms with E-state index in [1.807, 2.05) is 6.08 Å². The van der Waals surface area contributed by atoms with E-state index in [4.69, 9.17) is 5.73 Å². The van der Waals surface area contributed by atoms with Gasteiger partial charge in [-0.1, -0.05) is 26.0 Å². The summed E-state index contributed by atoms with van der Waals surface area (Å²) in [5, 5.41) is 3.03. The minimum atomic E-state index is -0.333. The molecule has 0 saturated heterocycles. The van der Waals surface area contributed by atoms with Crippen molar-refractivity contribution in [3.8, 4) is 0 Å². The molecule has 1 aliphatic carbocycles. The normalized spacial score (nSPS) is 20.1. The Morgan fingerprint density at radius 2 is 2.29 bits per heavy atom. The summed E-state index contributed by atoms with van der Waals surface area (Å²) in [5.74, 6) is -0.333. The number of primary amides is 1. The van der Waals surface area contributed by atoms with Crippen molar-refractivity contribution in [1.82, 2.24) is 5.32 Å². The maximum absolute atomic E-state index is 10.6. The number of nitrogens with one attached hydrogen (secondary N) is 1. The van der Waals surface area contributed by atoms with E-state index in [9.17, 15) is 4.79 Å². The molecule has 0 aromatic heterocycles. The van der Waals surface area contributed by atoms with Crippen molar-refractivity contribution in [3.63, 3.8) is 0 Å². The zero-order valence-electron chi connectivity index (χ0n) is 8.89. The van der Waals surface area contributed by atoms with E-state index in [2.05, 4.69) is 25.7 Å². The summed E-state index contributed by atoms with van der Waals surface area (Å²) < 4.78 is 0. The van der Waals surface area contributed by atoms with E-state index in [0.717, 1.165) is 24.1 Å². The summed E-state index contributed by atoms with van der Waals surface area (Å²) in [6, 6.07) is 0. The predicted octanol–water partition coefficient (Wildman–Crippen LogP) is 1.32. The summed E-state index contributed by atoms with van der Waals surface area (Å²) in [6.45, 7) is 8.54. The molecule has 3 N–H and O–H groups in total. The van der Waals surface area contributed by atoms with E-state index in [1.165, 1.54) is 0 Å². The van der Waals surface area contributed by atoms with E-state index in [-0.39, 0.29) is 17.9 Å². The zero-order valence-corrected chi connectivity index (χ0v) is 8.89. The second-order valence-electron chi connectivity index (χ2n) is 4.67. The Morgan fingerprint density at radius 3 is 2.79 bits per heavy atom. The van der Waals surface area contributed by atoms with E-state index >= 15 is 0 Å². The molecule has 0 spiro atoms. The molecule has 78 valence electrons. The second kappa shape index (κ2) is 3.86. The average Bonchev–Trinajstić information content (AvgIpc) is 1.96. The van der Waals surface area contributed by atoms with Crippen LogP contribution in [-0.2, 0) is 4.79 Å². The first kappa shape index (κ1) is 10.8. The standard InChI is InChI=1S/C11H18N2O/c1-8-4-9(13-7-10(12)14)6-11(2,3)5-8/h4,13H,1,5-7H2,2-3H3,(H2,12,14). The van der Waals surface area contributed by atoms with Gasteiger partial charge < -0.3 is 11.1 Å². The monoisotopic (exact) mass is 194 g/mol. The lowest BCUT2D eigenvalue weighted by molar-refractivity contribution is -0.117. The van der Waals surface area contributed by atoms with Gasteiger partial charge in [-0.3, -0.25) is 4.79 Å². The molecule has 0 aromatic carbocycles. The Kier molecular flexibility index (Phi) is 2.99. The first-order valence-corrected chi connectivity index (χ1v) is 4.80. The highest BCUT2D eigenvalue weighted by molar-refractivity contribution is 5.76. The lowest BCUT2D eigenvalue weighted by Crippen LogP contribution is -2.31. The Morgan fingerprint density at radius 1 is 1.64 bits per heavy atom. The van der Waals surface area contributed by atoms with Crippen molar-refractivity contribution in [2.45, 2.75) is 26.7 Å². The number of carbonyl (C=O) groups is 1. The number of amides is 1. The van der Waals surface area contributed by atoms with Crippen LogP contribution in [-0.4, -0.2) is 12.5 Å². The predicted molar refractivity (Wildman–Crippen MR) is 57.4 cm³/mol. The van der Waals surface area contributed by atoms with Crippen LogP contribution in [0, 0.1) is 5.41 Å². The van der Waals surface area contributed by atoms with Crippen molar-refractivity contribution < 1.29 is 4.79 Å². The van der Waals surface area contributed by atoms with E-state index in [0.29, 0.717) is 0 Å². The van der Waals surface area contributed by atoms with Crippen LogP contribution < -0.4 is 11.1 Å². The van der Waals surface area contributed by atoms with E-state index < -0.39 is 0 Å². The molecule has 0 aromatic rings. The molecule has 0 aliphatic heterocycles. The van der Waals surface area contributed by atoms with Gasteiger partial charge in [0.15, 0.2) is 0 Å². The van der Waals surface area contributed by atoms with Crippen LogP contribution in [0.1, 0.15) is 26.7 Å². The molecule has 3 nitrogen and oxygen atoms in total. The van der Waals surface area contributed by atoms with Crippen LogP contribution in [0.15, 0.2) is 23.9 Å². The molecule has 3 heteroatoms. The van der Waals surface area contributed by atoms with Crippen molar-refractivity contribution in [3.05, 3.63) is 23.9 Å². The van der Waals surface area contributed by atoms with Gasteiger partial charge in [-0.25, -0.2) is 0 Å². The molecule has 0 radical (unpaired) electrons. The zero-order chi connectivity index (χ0) is 10.8. The quantitative estimate of drug-likeness (QED) is 0.712. The Bertz CT molecular complexity index is 290. The van der Waals surface area contributed by atoms with Crippen LogP contribution in [0.5, 0.6) is 0 Å². The van der Waals surface area contributed by atoms with Gasteiger partial charge in [-0.2, -0.15) is 0 Å². The largest absolute Gasteiger partial charge is 0.380 e. The SMILES string of the molecule is C=C1C=C(NCC(N)=O)CC(C)(C)C1. The highest BCUT2D eigenvalue weighted by Gasteiger charge is 2.24. The molecule has 0 fully saturated rings. The highest BCUT2D eigenvalue weighted by Crippen LogP contribution is 2.36. The maximum Gasteiger partial charge on any atom is 0.236 e. The van der Waals surface area contributed by atoms with Gasteiger partial charge in [0.25, 0.3) is 0 Å². The molecular formula is C11H18N2O. The molecule has 1 amide bonds. The Balaban J connectivity index is 2.60. The summed E-state index contributed by atoms with van der Waals surface area (Å²) in [7, 11) is 0. The number of carbonyl (C=O) groups excluding carboxylic acids is 1. The Hall–Kier alpha value is -1.25. The molecule has 14 heavy (non-hydrogen) atoms. The first-order chi connectivity index (χ1) is 6.39. The highest BCUT2D eigenvalue weighted by atomic mass is 16.1. The molecule has 1 rings (SSSR count). The number of nitrogens with two attached hydrogens (primary N) is 1. The lowest BCUT2D eigenvalue weighted by Gasteiger charge is -2.31. The summed E-state index contributed by atoms with van der Waals surface area (Å²) in [4.78, 5) is 10.6. The maximum atomic E-state index is 10.6. The molecular weight excluding hydrogens is 176 g/mol. The molecule has 1 aliphatic rings. The third kappa shape index (κ3) is 3.24. The lowest BCUT2D eigenvalue weighted by atomic mass is 9.77. The third-order valence-electron chi connectivity index (χ3n) is 2.24. The molecule has 0 atom stereocenters. The van der Waals surface area contributed by atoms with Gasteiger partial charge >= 0.3 is 0 Å². The summed E-state index contributed by atoms with van der Waals surface area (Å²) in [5.41, 5.74) is 7.45. The summed E-state index contributed by atoms with van der Waals surface area (Å²) >= 11 is 0. The first-order valence-electron chi connectivity index (χ1n) is 4.80. The van der Waals surface area contributed by atoms with Gasteiger partial charge in [-0.05, 0) is 24.3 Å². The minimum absolute atomic E-state index is 0.204. The van der Waals surface area contributed by atoms with Crippen LogP contribution in [0.4, 0.5) is 0 Å².